The summed E-state index contributed by atoms with van der Waals surface area (Å²) < 4.78 is 5.00. The predicted molar refractivity (Wildman–Crippen MR) is 89.7 cm³/mol. The highest BCUT2D eigenvalue weighted by molar-refractivity contribution is 6.10. The molecule has 24 heavy (non-hydrogen) atoms. The molecule has 0 spiro atoms. The average Bonchev–Trinajstić information content (AvgIpc) is 2.95. The molecule has 0 radical (unpaired) electrons. The van der Waals surface area contributed by atoms with E-state index in [1.165, 1.54) is 0 Å². The summed E-state index contributed by atoms with van der Waals surface area (Å²) in [5, 5.41) is 10.8. The van der Waals surface area contributed by atoms with Crippen LogP contribution in [-0.4, -0.2) is 28.4 Å². The number of aliphatic hydroxyl groups is 1. The molecule has 5 nitrogen and oxygen atoms in total. The van der Waals surface area contributed by atoms with Crippen LogP contribution in [0.25, 0.3) is 10.9 Å². The number of hydrogen-bond acceptors (Lipinski definition) is 4. The summed E-state index contributed by atoms with van der Waals surface area (Å²) >= 11 is 0. The lowest BCUT2D eigenvalue weighted by Gasteiger charge is -2.10. The molecule has 3 rings (SSSR count). The number of hydrogen-bond donors (Lipinski definition) is 2. The third-order valence-corrected chi connectivity index (χ3v) is 3.86. The van der Waals surface area contributed by atoms with Crippen molar-refractivity contribution in [1.29, 1.82) is 0 Å². The second kappa shape index (κ2) is 6.68. The van der Waals surface area contributed by atoms with Crippen molar-refractivity contribution in [2.24, 2.45) is 0 Å². The van der Waals surface area contributed by atoms with Crippen LogP contribution < -0.4 is 0 Å². The Morgan fingerprint density at radius 1 is 1.08 bits per heavy atom. The van der Waals surface area contributed by atoms with Gasteiger partial charge in [0.15, 0.2) is 12.7 Å². The zero-order chi connectivity index (χ0) is 17.1. The van der Waals surface area contributed by atoms with Crippen molar-refractivity contribution in [3.63, 3.8) is 0 Å². The van der Waals surface area contributed by atoms with Crippen molar-refractivity contribution < 1.29 is 19.4 Å². The molecule has 0 saturated heterocycles. The van der Waals surface area contributed by atoms with Crippen LogP contribution in [0.3, 0.4) is 0 Å². The van der Waals surface area contributed by atoms with Crippen LogP contribution in [-0.2, 0) is 9.53 Å². The number of carbonyl (C=O) groups is 2. The zero-order valence-electron chi connectivity index (χ0n) is 13.2. The highest BCUT2D eigenvalue weighted by atomic mass is 16.5. The SMILES string of the molecule is Cc1[nH]c2ccccc2c1C(=O)COC(=O)[C@@H](O)c1ccccc1. The largest absolute Gasteiger partial charge is 0.455 e. The Bertz CT molecular complexity index is 883. The molecule has 0 saturated carbocycles. The molecule has 0 aliphatic carbocycles. The molecule has 1 atom stereocenters. The van der Waals surface area contributed by atoms with E-state index in [0.717, 1.165) is 16.6 Å². The van der Waals surface area contributed by atoms with E-state index in [1.807, 2.05) is 24.3 Å². The van der Waals surface area contributed by atoms with Crippen LogP contribution >= 0.6 is 0 Å². The Kier molecular flexibility index (Phi) is 4.44. The van der Waals surface area contributed by atoms with E-state index in [9.17, 15) is 14.7 Å². The number of aromatic nitrogens is 1. The molecular formula is C19H17NO4. The van der Waals surface area contributed by atoms with Gasteiger partial charge >= 0.3 is 5.97 Å². The maximum Gasteiger partial charge on any atom is 0.340 e. The number of fused-ring (bicyclic) bond motifs is 1. The van der Waals surface area contributed by atoms with Crippen LogP contribution in [0.15, 0.2) is 54.6 Å². The number of para-hydroxylation sites is 1. The molecule has 0 amide bonds. The van der Waals surface area contributed by atoms with Crippen molar-refractivity contribution >= 4 is 22.7 Å². The lowest BCUT2D eigenvalue weighted by molar-refractivity contribution is -0.152. The van der Waals surface area contributed by atoms with Crippen molar-refractivity contribution in [2.45, 2.75) is 13.0 Å². The number of aromatic amines is 1. The van der Waals surface area contributed by atoms with Crippen LogP contribution in [0.4, 0.5) is 0 Å². The first-order chi connectivity index (χ1) is 11.6. The van der Waals surface area contributed by atoms with Gasteiger partial charge < -0.3 is 14.8 Å². The normalized spacial score (nSPS) is 12.1. The molecule has 0 aliphatic heterocycles. The van der Waals surface area contributed by atoms with Gasteiger partial charge in [0.05, 0.1) is 0 Å². The summed E-state index contributed by atoms with van der Waals surface area (Å²) in [5.74, 6) is -1.15. The van der Waals surface area contributed by atoms with E-state index in [0.29, 0.717) is 11.1 Å². The van der Waals surface area contributed by atoms with Gasteiger partial charge in [0.2, 0.25) is 5.78 Å². The van der Waals surface area contributed by atoms with Gasteiger partial charge in [0, 0.05) is 22.2 Å². The number of rotatable bonds is 5. The summed E-state index contributed by atoms with van der Waals surface area (Å²) in [4.78, 5) is 27.5. The molecule has 0 fully saturated rings. The summed E-state index contributed by atoms with van der Waals surface area (Å²) in [6.45, 7) is 1.39. The molecule has 0 unspecified atom stereocenters. The number of esters is 1. The summed E-state index contributed by atoms with van der Waals surface area (Å²) in [6, 6.07) is 15.9. The van der Waals surface area contributed by atoms with E-state index in [-0.39, 0.29) is 5.78 Å². The van der Waals surface area contributed by atoms with E-state index < -0.39 is 18.7 Å². The van der Waals surface area contributed by atoms with E-state index in [1.54, 1.807) is 37.3 Å². The first-order valence-corrected chi connectivity index (χ1v) is 7.58. The Hall–Kier alpha value is -2.92. The van der Waals surface area contributed by atoms with Gasteiger partial charge in [-0.05, 0) is 18.6 Å². The quantitative estimate of drug-likeness (QED) is 0.559. The number of ether oxygens (including phenoxy) is 1. The Morgan fingerprint density at radius 2 is 1.75 bits per heavy atom. The van der Waals surface area contributed by atoms with Crippen LogP contribution in [0.1, 0.15) is 27.7 Å². The minimum Gasteiger partial charge on any atom is -0.455 e. The monoisotopic (exact) mass is 323 g/mol. The number of Topliss-reactive ketones (excluding diaryl/α,β-unsaturated/α-hetero) is 1. The van der Waals surface area contributed by atoms with Gasteiger partial charge in [0.25, 0.3) is 0 Å². The minimum atomic E-state index is -1.40. The topological polar surface area (TPSA) is 79.4 Å². The van der Waals surface area contributed by atoms with E-state index in [4.69, 9.17) is 4.74 Å². The van der Waals surface area contributed by atoms with E-state index in [2.05, 4.69) is 4.98 Å². The predicted octanol–water partition coefficient (Wildman–Crippen LogP) is 2.94. The number of aryl methyl sites for hydroxylation is 1. The first-order valence-electron chi connectivity index (χ1n) is 7.58. The molecule has 5 heteroatoms. The maximum atomic E-state index is 12.4. The number of H-pyrrole nitrogens is 1. The van der Waals surface area contributed by atoms with Crippen LogP contribution in [0, 0.1) is 6.92 Å². The van der Waals surface area contributed by atoms with Crippen molar-refractivity contribution in [2.75, 3.05) is 6.61 Å². The third kappa shape index (κ3) is 3.07. The van der Waals surface area contributed by atoms with Gasteiger partial charge in [0.1, 0.15) is 0 Å². The second-order valence-electron chi connectivity index (χ2n) is 5.51. The highest BCUT2D eigenvalue weighted by Gasteiger charge is 2.22. The number of nitrogens with one attached hydrogen (secondary N) is 1. The van der Waals surface area contributed by atoms with Gasteiger partial charge in [-0.15, -0.1) is 0 Å². The van der Waals surface area contributed by atoms with Crippen molar-refractivity contribution in [3.8, 4) is 0 Å². The lowest BCUT2D eigenvalue weighted by Crippen LogP contribution is -2.20. The molecule has 0 bridgehead atoms. The number of benzene rings is 2. The molecule has 2 aromatic carbocycles. The summed E-state index contributed by atoms with van der Waals surface area (Å²) in [5.41, 5.74) is 2.51. The number of ketones is 1. The fraction of sp³-hybridized carbons (Fsp3) is 0.158. The molecule has 3 aromatic rings. The molecule has 0 aliphatic rings. The molecule has 1 heterocycles. The smallest absolute Gasteiger partial charge is 0.340 e. The molecule has 122 valence electrons. The minimum absolute atomic E-state index is 0.307. The highest BCUT2D eigenvalue weighted by Crippen LogP contribution is 2.22. The van der Waals surface area contributed by atoms with Gasteiger partial charge in [-0.2, -0.15) is 0 Å². The number of carbonyl (C=O) groups excluding carboxylic acids is 2. The van der Waals surface area contributed by atoms with Crippen LogP contribution in [0.2, 0.25) is 0 Å². The standard InChI is InChI=1S/C19H17NO4/c1-12-17(14-9-5-6-10-15(14)20-12)16(21)11-24-19(23)18(22)13-7-3-2-4-8-13/h2-10,18,20,22H,11H2,1H3/t18-/m0/s1. The second-order valence-corrected chi connectivity index (χ2v) is 5.51. The zero-order valence-corrected chi connectivity index (χ0v) is 13.2. The van der Waals surface area contributed by atoms with Gasteiger partial charge in [-0.3, -0.25) is 4.79 Å². The van der Waals surface area contributed by atoms with Gasteiger partial charge in [-0.1, -0.05) is 48.5 Å². The van der Waals surface area contributed by atoms with E-state index >= 15 is 0 Å². The summed E-state index contributed by atoms with van der Waals surface area (Å²) in [6.07, 6.45) is -1.40. The third-order valence-electron chi connectivity index (χ3n) is 3.86. The molecule has 2 N–H and O–H groups in total. The average molecular weight is 323 g/mol. The van der Waals surface area contributed by atoms with Crippen molar-refractivity contribution in [1.82, 2.24) is 4.98 Å². The molecular weight excluding hydrogens is 306 g/mol. The Labute approximate surface area is 138 Å². The van der Waals surface area contributed by atoms with Gasteiger partial charge in [-0.25, -0.2) is 4.79 Å². The summed E-state index contributed by atoms with van der Waals surface area (Å²) in [7, 11) is 0. The Morgan fingerprint density at radius 3 is 2.50 bits per heavy atom. The van der Waals surface area contributed by atoms with Crippen molar-refractivity contribution in [3.05, 3.63) is 71.4 Å². The molecule has 1 aromatic heterocycles. The first kappa shape index (κ1) is 16.0. The Balaban J connectivity index is 1.71. The maximum absolute atomic E-state index is 12.4. The number of aliphatic hydroxyl groups excluding tert-OH is 1. The fourth-order valence-electron chi connectivity index (χ4n) is 2.70. The lowest BCUT2D eigenvalue weighted by atomic mass is 10.1. The van der Waals surface area contributed by atoms with Crippen LogP contribution in [0.5, 0.6) is 0 Å². The fourth-order valence-corrected chi connectivity index (χ4v) is 2.70.